The zero-order valence-electron chi connectivity index (χ0n) is 34.4. The molecule has 56 heavy (non-hydrogen) atoms. The largest absolute Gasteiger partial charge is 0.481 e. The molecule has 1 aromatic heterocycles. The first-order valence-electron chi connectivity index (χ1n) is 20.7. The Bertz CT molecular complexity index is 1520. The van der Waals surface area contributed by atoms with Gasteiger partial charge in [-0.05, 0) is 75.3 Å². The van der Waals surface area contributed by atoms with E-state index in [1.165, 1.54) is 32.1 Å². The molecule has 7 atom stereocenters. The lowest BCUT2D eigenvalue weighted by Gasteiger charge is -2.30. The van der Waals surface area contributed by atoms with Crippen LogP contribution in [-0.4, -0.2) is 79.1 Å². The molecule has 0 spiro atoms. The molecule has 7 unspecified atom stereocenters. The summed E-state index contributed by atoms with van der Waals surface area (Å²) in [5, 5.41) is 13.6. The number of hydrogen-bond acceptors (Lipinski definition) is 7. The van der Waals surface area contributed by atoms with Crippen molar-refractivity contribution < 1.29 is 47.6 Å². The van der Waals surface area contributed by atoms with Crippen LogP contribution in [0.25, 0.3) is 0 Å². The van der Waals surface area contributed by atoms with Crippen LogP contribution in [0.4, 0.5) is 0 Å². The molecule has 310 valence electrons. The number of carboxylic acid groups (broad SMARTS) is 1. The Labute approximate surface area is 334 Å². The average Bonchev–Trinajstić information content (AvgIpc) is 3.56. The summed E-state index contributed by atoms with van der Waals surface area (Å²) in [7, 11) is 4.29. The van der Waals surface area contributed by atoms with Crippen LogP contribution in [0.3, 0.4) is 0 Å². The van der Waals surface area contributed by atoms with Crippen molar-refractivity contribution in [2.45, 2.75) is 111 Å². The molecule has 0 bridgehead atoms. The van der Waals surface area contributed by atoms with Gasteiger partial charge in [-0.25, -0.2) is 0 Å². The molecule has 0 aliphatic heterocycles. The molecule has 1 fully saturated rings. The normalized spacial score (nSPS) is 19.0. The number of primary amides is 1. The van der Waals surface area contributed by atoms with Gasteiger partial charge in [-0.2, -0.15) is 4.57 Å². The van der Waals surface area contributed by atoms with E-state index in [1.807, 2.05) is 24.3 Å². The van der Waals surface area contributed by atoms with Crippen LogP contribution in [0.1, 0.15) is 108 Å². The van der Waals surface area contributed by atoms with Crippen molar-refractivity contribution in [3.63, 3.8) is 0 Å². The first-order chi connectivity index (χ1) is 26.7. The number of hydrogen-bond donors (Lipinski definition) is 3. The second-order valence-corrected chi connectivity index (χ2v) is 16.5. The minimum absolute atomic E-state index is 0.0288. The number of rotatable bonds is 26. The van der Waals surface area contributed by atoms with Gasteiger partial charge in [0.25, 0.3) is 12.6 Å². The average molecular weight is 781 g/mol. The summed E-state index contributed by atoms with van der Waals surface area (Å²) in [6.07, 6.45) is 12.5. The van der Waals surface area contributed by atoms with Gasteiger partial charge >= 0.3 is 17.9 Å². The molecule has 3 rings (SSSR count). The topological polar surface area (TPSA) is 166 Å². The number of nitrogens with two attached hydrogens (primary N) is 1. The van der Waals surface area contributed by atoms with Gasteiger partial charge in [0.05, 0.1) is 38.4 Å². The first kappa shape index (κ1) is 46.1. The monoisotopic (exact) mass is 781 g/mol. The fraction of sp³-hybridized carbons (Fsp3) is 0.636. The molecule has 4 N–H and O–H groups in total. The number of nitrogens with one attached hydrogen (secondary N) is 1. The van der Waals surface area contributed by atoms with Gasteiger partial charge in [0.1, 0.15) is 13.2 Å². The second kappa shape index (κ2) is 23.7. The predicted octanol–water partition coefficient (Wildman–Crippen LogP) is 5.91. The molecule has 12 nitrogen and oxygen atoms in total. The standard InChI is InChI=1S/C44H66N4O8/c1-6-8-9-10-11-18-23-48(4,5)24-25-55-43(53)32(3)26-36(44(54)56-31-47-21-16-13-17-22-47)27-35-28-37(46-41(50)34-19-14-12-15-20-34)30-38(35)39(42(51)52)29-33(7-2)40(45)49/h12-17,19-22,32-33,35-39H,6-11,18,23-31H2,1-5H3,(H2-2,45,46,49,50,51,52)/p+2. The summed E-state index contributed by atoms with van der Waals surface area (Å²) in [5.74, 6) is -6.55. The minimum atomic E-state index is -1.05. The summed E-state index contributed by atoms with van der Waals surface area (Å²) < 4.78 is 14.0. The van der Waals surface area contributed by atoms with Gasteiger partial charge in [-0.15, -0.1) is 0 Å². The first-order valence-corrected chi connectivity index (χ1v) is 20.7. The highest BCUT2D eigenvalue weighted by Crippen LogP contribution is 2.44. The van der Waals surface area contributed by atoms with Crippen molar-refractivity contribution in [2.75, 3.05) is 33.8 Å². The number of nitrogens with zero attached hydrogens (tertiary/aromatic N) is 2. The molecule has 1 aromatic carbocycles. The molecular formula is C44H68N4O8+2. The second-order valence-electron chi connectivity index (χ2n) is 16.5. The van der Waals surface area contributed by atoms with Crippen LogP contribution in [0, 0.1) is 35.5 Å². The van der Waals surface area contributed by atoms with Crippen LogP contribution in [0.5, 0.6) is 0 Å². The van der Waals surface area contributed by atoms with E-state index in [9.17, 15) is 29.1 Å². The van der Waals surface area contributed by atoms with Crippen LogP contribution >= 0.6 is 0 Å². The smallest absolute Gasteiger partial charge is 0.313 e. The van der Waals surface area contributed by atoms with Crippen molar-refractivity contribution in [1.29, 1.82) is 0 Å². The molecule has 12 heteroatoms. The van der Waals surface area contributed by atoms with Gasteiger partial charge < -0.3 is 30.1 Å². The molecule has 2 amide bonds. The molecule has 0 saturated heterocycles. The van der Waals surface area contributed by atoms with E-state index < -0.39 is 53.4 Å². The van der Waals surface area contributed by atoms with Crippen molar-refractivity contribution >= 4 is 29.7 Å². The third kappa shape index (κ3) is 15.7. The van der Waals surface area contributed by atoms with Crippen LogP contribution in [0.2, 0.25) is 0 Å². The van der Waals surface area contributed by atoms with E-state index >= 15 is 0 Å². The maximum absolute atomic E-state index is 13.9. The SMILES string of the molecule is CCCCCCCC[N+](C)(C)CCOC(=O)C(C)CC(CC1CC(NC(=O)c2ccccc2)CC1C(CC(CC)C(N)=O)C(=O)O)C(=O)OC[n+]1ccccc1. The number of aliphatic carboxylic acids is 1. The summed E-state index contributed by atoms with van der Waals surface area (Å²) in [6, 6.07) is 13.9. The van der Waals surface area contributed by atoms with Gasteiger partial charge in [0, 0.05) is 29.7 Å². The van der Waals surface area contributed by atoms with E-state index in [0.717, 1.165) is 17.4 Å². The highest BCUT2D eigenvalue weighted by Gasteiger charge is 2.45. The number of unbranched alkanes of at least 4 members (excludes halogenated alkanes) is 5. The number of aromatic nitrogens is 1. The summed E-state index contributed by atoms with van der Waals surface area (Å²) in [6.45, 7) is 7.67. The molecule has 1 heterocycles. The molecule has 1 saturated carbocycles. The van der Waals surface area contributed by atoms with Gasteiger partial charge in [0.2, 0.25) is 5.91 Å². The fourth-order valence-electron chi connectivity index (χ4n) is 8.07. The van der Waals surface area contributed by atoms with E-state index in [4.69, 9.17) is 15.2 Å². The van der Waals surface area contributed by atoms with E-state index in [-0.39, 0.29) is 50.5 Å². The van der Waals surface area contributed by atoms with E-state index in [2.05, 4.69) is 26.3 Å². The number of carboxylic acids is 1. The minimum Gasteiger partial charge on any atom is -0.481 e. The van der Waals surface area contributed by atoms with Crippen molar-refractivity contribution in [3.05, 3.63) is 66.5 Å². The lowest BCUT2D eigenvalue weighted by Crippen LogP contribution is -2.43. The molecule has 0 radical (unpaired) electrons. The maximum atomic E-state index is 13.9. The number of likely N-dealkylation sites (N-methyl/N-ethyl adjacent to an activating group) is 1. The number of benzene rings is 1. The summed E-state index contributed by atoms with van der Waals surface area (Å²) in [4.78, 5) is 65.7. The zero-order chi connectivity index (χ0) is 41.1. The number of carbonyl (C=O) groups excluding carboxylic acids is 4. The Morgan fingerprint density at radius 2 is 1.52 bits per heavy atom. The third-order valence-electron chi connectivity index (χ3n) is 11.5. The number of esters is 2. The maximum Gasteiger partial charge on any atom is 0.313 e. The molecule has 2 aromatic rings. The van der Waals surface area contributed by atoms with Gasteiger partial charge in [-0.3, -0.25) is 24.0 Å². The molecular weight excluding hydrogens is 713 g/mol. The van der Waals surface area contributed by atoms with Crippen molar-refractivity contribution in [3.8, 4) is 0 Å². The Morgan fingerprint density at radius 3 is 2.16 bits per heavy atom. The highest BCUT2D eigenvalue weighted by atomic mass is 16.5. The lowest BCUT2D eigenvalue weighted by atomic mass is 9.74. The number of quaternary nitrogens is 1. The van der Waals surface area contributed by atoms with Gasteiger partial charge in [0.15, 0.2) is 12.4 Å². The molecule has 1 aliphatic rings. The number of amides is 2. The van der Waals surface area contributed by atoms with E-state index in [1.54, 1.807) is 55.1 Å². The Balaban J connectivity index is 1.79. The number of pyridine rings is 1. The zero-order valence-corrected chi connectivity index (χ0v) is 34.4. The Hall–Kier alpha value is -4.32. The van der Waals surface area contributed by atoms with Crippen LogP contribution in [0.15, 0.2) is 60.9 Å². The van der Waals surface area contributed by atoms with Crippen LogP contribution in [-0.2, 0) is 35.4 Å². The fourth-order valence-corrected chi connectivity index (χ4v) is 8.07. The van der Waals surface area contributed by atoms with Crippen molar-refractivity contribution in [2.24, 2.45) is 41.2 Å². The highest BCUT2D eigenvalue weighted by molar-refractivity contribution is 5.94. The van der Waals surface area contributed by atoms with Gasteiger partial charge in [-0.1, -0.05) is 70.7 Å². The number of ether oxygens (including phenoxy) is 2. The van der Waals surface area contributed by atoms with E-state index in [0.29, 0.717) is 31.4 Å². The predicted molar refractivity (Wildman–Crippen MR) is 213 cm³/mol. The third-order valence-corrected chi connectivity index (χ3v) is 11.5. The lowest BCUT2D eigenvalue weighted by molar-refractivity contribution is -0.890. The quantitative estimate of drug-likeness (QED) is 0.0459. The Kier molecular flexibility index (Phi) is 19.5. The summed E-state index contributed by atoms with van der Waals surface area (Å²) >= 11 is 0. The summed E-state index contributed by atoms with van der Waals surface area (Å²) in [5.41, 5.74) is 6.16. The van der Waals surface area contributed by atoms with Crippen LogP contribution < -0.4 is 15.6 Å². The molecule has 1 aliphatic carbocycles. The van der Waals surface area contributed by atoms with Crippen molar-refractivity contribution in [1.82, 2.24) is 5.32 Å². The Morgan fingerprint density at radius 1 is 0.857 bits per heavy atom. The number of carbonyl (C=O) groups is 5.